The molecule has 7 heteroatoms. The SMILES string of the molecule is CCOc1ccccc1C(=O)N1CCN(C(=O)c2cc(C)nn2C)CC1. The molecule has 1 aromatic carbocycles. The maximum absolute atomic E-state index is 12.8. The van der Waals surface area contributed by atoms with Gasteiger partial charge < -0.3 is 14.5 Å². The fourth-order valence-electron chi connectivity index (χ4n) is 3.18. The molecule has 0 spiro atoms. The van der Waals surface area contributed by atoms with E-state index in [9.17, 15) is 9.59 Å². The van der Waals surface area contributed by atoms with Crippen molar-refractivity contribution in [3.05, 3.63) is 47.3 Å². The molecule has 2 amide bonds. The molecule has 0 unspecified atom stereocenters. The second-order valence-electron chi connectivity index (χ2n) is 6.31. The number of carbonyl (C=O) groups excluding carboxylic acids is 2. The predicted octanol–water partition coefficient (Wildman–Crippen LogP) is 1.73. The van der Waals surface area contributed by atoms with E-state index >= 15 is 0 Å². The Morgan fingerprint density at radius 2 is 1.69 bits per heavy atom. The summed E-state index contributed by atoms with van der Waals surface area (Å²) in [6.45, 7) is 6.28. The smallest absolute Gasteiger partial charge is 0.272 e. The zero-order valence-electron chi connectivity index (χ0n) is 15.4. The second-order valence-corrected chi connectivity index (χ2v) is 6.31. The van der Waals surface area contributed by atoms with Crippen LogP contribution in [0.2, 0.25) is 0 Å². The number of hydrogen-bond acceptors (Lipinski definition) is 4. The van der Waals surface area contributed by atoms with Crippen molar-refractivity contribution >= 4 is 11.8 Å². The Kier molecular flexibility index (Phi) is 5.25. The molecule has 3 rings (SSSR count). The van der Waals surface area contributed by atoms with E-state index < -0.39 is 0 Å². The fraction of sp³-hybridized carbons (Fsp3) is 0.421. The molecule has 1 saturated heterocycles. The van der Waals surface area contributed by atoms with Crippen molar-refractivity contribution < 1.29 is 14.3 Å². The van der Waals surface area contributed by atoms with E-state index in [2.05, 4.69) is 5.10 Å². The zero-order chi connectivity index (χ0) is 18.7. The first-order valence-corrected chi connectivity index (χ1v) is 8.82. The Balaban J connectivity index is 1.66. The summed E-state index contributed by atoms with van der Waals surface area (Å²) in [6, 6.07) is 9.07. The highest BCUT2D eigenvalue weighted by atomic mass is 16.5. The van der Waals surface area contributed by atoms with E-state index in [0.29, 0.717) is 49.8 Å². The molecule has 1 fully saturated rings. The summed E-state index contributed by atoms with van der Waals surface area (Å²) in [7, 11) is 1.77. The molecule has 138 valence electrons. The van der Waals surface area contributed by atoms with Gasteiger partial charge in [0, 0.05) is 33.2 Å². The number of ether oxygens (including phenoxy) is 1. The lowest BCUT2D eigenvalue weighted by Gasteiger charge is -2.35. The van der Waals surface area contributed by atoms with Crippen LogP contribution in [0, 0.1) is 6.92 Å². The molecule has 0 bridgehead atoms. The molecule has 1 aromatic heterocycles. The molecule has 1 aliphatic heterocycles. The van der Waals surface area contributed by atoms with Crippen LogP contribution in [0.25, 0.3) is 0 Å². The molecule has 0 saturated carbocycles. The zero-order valence-corrected chi connectivity index (χ0v) is 15.4. The third-order valence-electron chi connectivity index (χ3n) is 4.49. The Morgan fingerprint density at radius 1 is 1.08 bits per heavy atom. The van der Waals surface area contributed by atoms with Gasteiger partial charge in [-0.2, -0.15) is 5.10 Å². The number of carbonyl (C=O) groups is 2. The van der Waals surface area contributed by atoms with E-state index in [1.165, 1.54) is 0 Å². The summed E-state index contributed by atoms with van der Waals surface area (Å²) >= 11 is 0. The van der Waals surface area contributed by atoms with Crippen molar-refractivity contribution in [1.29, 1.82) is 0 Å². The fourth-order valence-corrected chi connectivity index (χ4v) is 3.18. The van der Waals surface area contributed by atoms with Crippen LogP contribution in [0.5, 0.6) is 5.75 Å². The van der Waals surface area contributed by atoms with Gasteiger partial charge in [0.05, 0.1) is 17.9 Å². The number of amides is 2. The molecule has 0 aliphatic carbocycles. The molecule has 26 heavy (non-hydrogen) atoms. The van der Waals surface area contributed by atoms with Crippen molar-refractivity contribution in [3.8, 4) is 5.75 Å². The third-order valence-corrected chi connectivity index (χ3v) is 4.49. The van der Waals surface area contributed by atoms with Gasteiger partial charge in [-0.15, -0.1) is 0 Å². The number of piperazine rings is 1. The largest absolute Gasteiger partial charge is 0.493 e. The highest BCUT2D eigenvalue weighted by molar-refractivity contribution is 5.97. The molecule has 2 aromatic rings. The Bertz CT molecular complexity index is 807. The lowest BCUT2D eigenvalue weighted by molar-refractivity contribution is 0.0527. The van der Waals surface area contributed by atoms with Gasteiger partial charge in [-0.25, -0.2) is 0 Å². The standard InChI is InChI=1S/C19H24N4O3/c1-4-26-17-8-6-5-7-15(17)18(24)22-9-11-23(12-10-22)19(25)16-13-14(2)20-21(16)3/h5-8,13H,4,9-12H2,1-3H3. The van der Waals surface area contributed by atoms with E-state index in [-0.39, 0.29) is 11.8 Å². The van der Waals surface area contributed by atoms with Crippen molar-refractivity contribution in [3.63, 3.8) is 0 Å². The minimum Gasteiger partial charge on any atom is -0.493 e. The average molecular weight is 356 g/mol. The van der Waals surface area contributed by atoms with Crippen molar-refractivity contribution in [2.24, 2.45) is 7.05 Å². The minimum absolute atomic E-state index is 0.0464. The van der Waals surface area contributed by atoms with Gasteiger partial charge in [-0.05, 0) is 32.0 Å². The van der Waals surface area contributed by atoms with E-state index in [4.69, 9.17) is 4.74 Å². The summed E-state index contributed by atoms with van der Waals surface area (Å²) < 4.78 is 7.16. The average Bonchev–Trinajstić information content (AvgIpc) is 2.99. The van der Waals surface area contributed by atoms with Crippen LogP contribution in [0.15, 0.2) is 30.3 Å². The molecule has 2 heterocycles. The van der Waals surface area contributed by atoms with Crippen LogP contribution in [0.3, 0.4) is 0 Å². The quantitative estimate of drug-likeness (QED) is 0.837. The lowest BCUT2D eigenvalue weighted by atomic mass is 10.1. The van der Waals surface area contributed by atoms with Crippen LogP contribution in [-0.4, -0.2) is 64.2 Å². The normalized spacial score (nSPS) is 14.4. The predicted molar refractivity (Wildman–Crippen MR) is 97.4 cm³/mol. The van der Waals surface area contributed by atoms with E-state index in [1.54, 1.807) is 39.7 Å². The molecule has 7 nitrogen and oxygen atoms in total. The number of rotatable bonds is 4. The van der Waals surface area contributed by atoms with Crippen LogP contribution in [-0.2, 0) is 7.05 Å². The molecule has 0 atom stereocenters. The van der Waals surface area contributed by atoms with Gasteiger partial charge >= 0.3 is 0 Å². The van der Waals surface area contributed by atoms with Gasteiger partial charge in [0.2, 0.25) is 0 Å². The topological polar surface area (TPSA) is 67.7 Å². The van der Waals surface area contributed by atoms with Crippen LogP contribution >= 0.6 is 0 Å². The maximum atomic E-state index is 12.8. The third kappa shape index (κ3) is 3.56. The van der Waals surface area contributed by atoms with Crippen LogP contribution in [0.1, 0.15) is 33.5 Å². The number of nitrogens with zero attached hydrogens (tertiary/aromatic N) is 4. The summed E-state index contributed by atoms with van der Waals surface area (Å²) in [5.41, 5.74) is 1.96. The molecular formula is C19H24N4O3. The first-order chi connectivity index (χ1) is 12.5. The van der Waals surface area contributed by atoms with E-state index in [0.717, 1.165) is 5.69 Å². The van der Waals surface area contributed by atoms with Gasteiger partial charge in [-0.1, -0.05) is 12.1 Å². The van der Waals surface area contributed by atoms with Crippen molar-refractivity contribution in [1.82, 2.24) is 19.6 Å². The second kappa shape index (κ2) is 7.59. The monoisotopic (exact) mass is 356 g/mol. The summed E-state index contributed by atoms with van der Waals surface area (Å²) in [5, 5.41) is 4.23. The molecular weight excluding hydrogens is 332 g/mol. The van der Waals surface area contributed by atoms with E-state index in [1.807, 2.05) is 26.0 Å². The van der Waals surface area contributed by atoms with Gasteiger partial charge in [0.1, 0.15) is 11.4 Å². The first-order valence-electron chi connectivity index (χ1n) is 8.82. The highest BCUT2D eigenvalue weighted by Crippen LogP contribution is 2.21. The van der Waals surface area contributed by atoms with Gasteiger partial charge in [0.15, 0.2) is 0 Å². The molecule has 0 radical (unpaired) electrons. The minimum atomic E-state index is -0.0578. The molecule has 0 N–H and O–H groups in total. The van der Waals surface area contributed by atoms with Gasteiger partial charge in [0.25, 0.3) is 11.8 Å². The summed E-state index contributed by atoms with van der Waals surface area (Å²) in [5.74, 6) is 0.497. The number of aromatic nitrogens is 2. The number of hydrogen-bond donors (Lipinski definition) is 0. The highest BCUT2D eigenvalue weighted by Gasteiger charge is 2.28. The van der Waals surface area contributed by atoms with Crippen molar-refractivity contribution in [2.45, 2.75) is 13.8 Å². The summed E-state index contributed by atoms with van der Waals surface area (Å²) in [4.78, 5) is 29.0. The van der Waals surface area contributed by atoms with Crippen LogP contribution < -0.4 is 4.74 Å². The Hall–Kier alpha value is -2.83. The summed E-state index contributed by atoms with van der Waals surface area (Å²) in [6.07, 6.45) is 0. The van der Waals surface area contributed by atoms with Gasteiger partial charge in [-0.3, -0.25) is 14.3 Å². The number of aryl methyl sites for hydroxylation is 2. The maximum Gasteiger partial charge on any atom is 0.272 e. The Labute approximate surface area is 153 Å². The Morgan fingerprint density at radius 3 is 2.27 bits per heavy atom. The van der Waals surface area contributed by atoms with Crippen molar-refractivity contribution in [2.75, 3.05) is 32.8 Å². The lowest BCUT2D eigenvalue weighted by Crippen LogP contribution is -2.50. The number of benzene rings is 1. The number of para-hydroxylation sites is 1. The molecule has 1 aliphatic rings. The first kappa shape index (κ1) is 18.0. The van der Waals surface area contributed by atoms with Crippen LogP contribution in [0.4, 0.5) is 0 Å².